The lowest BCUT2D eigenvalue weighted by molar-refractivity contribution is -0.385. The molecule has 0 spiro atoms. The van der Waals surface area contributed by atoms with E-state index in [1.54, 1.807) is 29.8 Å². The zero-order chi connectivity index (χ0) is 17.5. The van der Waals surface area contributed by atoms with Crippen molar-refractivity contribution in [1.29, 1.82) is 0 Å². The Bertz CT molecular complexity index is 1040. The van der Waals surface area contributed by atoms with Crippen LogP contribution in [0.5, 0.6) is 0 Å². The van der Waals surface area contributed by atoms with Gasteiger partial charge in [-0.1, -0.05) is 17.7 Å². The van der Waals surface area contributed by atoms with Gasteiger partial charge in [0.25, 0.3) is 5.69 Å². The minimum atomic E-state index is -3.72. The van der Waals surface area contributed by atoms with Gasteiger partial charge in [0, 0.05) is 13.1 Å². The molecule has 0 bridgehead atoms. The number of aromatic nitrogens is 2. The van der Waals surface area contributed by atoms with Gasteiger partial charge in [0.1, 0.15) is 0 Å². The average molecular weight is 345 g/mol. The average Bonchev–Trinajstić information content (AvgIpc) is 2.89. The molecule has 0 atom stereocenters. The quantitative estimate of drug-likeness (QED) is 0.535. The van der Waals surface area contributed by atoms with E-state index in [1.807, 2.05) is 6.92 Å². The smallest absolute Gasteiger partial charge is 0.275 e. The summed E-state index contributed by atoms with van der Waals surface area (Å²) in [5.74, 6) is -0.472. The lowest BCUT2D eigenvalue weighted by Gasteiger charge is -2.07. The molecule has 0 fully saturated rings. The molecule has 0 saturated carbocycles. The Morgan fingerprint density at radius 3 is 2.46 bits per heavy atom. The van der Waals surface area contributed by atoms with Gasteiger partial charge in [-0.25, -0.2) is 13.4 Å². The van der Waals surface area contributed by atoms with E-state index in [0.717, 1.165) is 5.56 Å². The zero-order valence-corrected chi connectivity index (χ0v) is 13.9. The van der Waals surface area contributed by atoms with Gasteiger partial charge < -0.3 is 4.57 Å². The van der Waals surface area contributed by atoms with Gasteiger partial charge in [-0.05, 0) is 25.1 Å². The van der Waals surface area contributed by atoms with Gasteiger partial charge in [0.2, 0.25) is 0 Å². The summed E-state index contributed by atoms with van der Waals surface area (Å²) in [7, 11) is -1.97. The summed E-state index contributed by atoms with van der Waals surface area (Å²) >= 11 is 0. The zero-order valence-electron chi connectivity index (χ0n) is 13.1. The topological polar surface area (TPSA) is 95.1 Å². The van der Waals surface area contributed by atoms with E-state index in [0.29, 0.717) is 11.0 Å². The molecule has 8 heteroatoms. The number of nitrogens with zero attached hydrogens (tertiary/aromatic N) is 3. The third-order valence-corrected chi connectivity index (χ3v) is 5.55. The first kappa shape index (κ1) is 16.1. The van der Waals surface area contributed by atoms with Crippen molar-refractivity contribution >= 4 is 26.6 Å². The van der Waals surface area contributed by atoms with E-state index in [9.17, 15) is 18.5 Å². The van der Waals surface area contributed by atoms with Crippen LogP contribution in [0.2, 0.25) is 0 Å². The van der Waals surface area contributed by atoms with Crippen LogP contribution < -0.4 is 0 Å². The highest BCUT2D eigenvalue weighted by Crippen LogP contribution is 2.30. The van der Waals surface area contributed by atoms with Gasteiger partial charge in [-0.3, -0.25) is 10.1 Å². The molecule has 0 radical (unpaired) electrons. The highest BCUT2D eigenvalue weighted by molar-refractivity contribution is 7.90. The van der Waals surface area contributed by atoms with Crippen LogP contribution in [0.25, 0.3) is 11.0 Å². The molecule has 0 aliphatic rings. The largest absolute Gasteiger partial charge is 0.334 e. The molecule has 3 aromatic rings. The van der Waals surface area contributed by atoms with Crippen molar-refractivity contribution < 1.29 is 13.3 Å². The van der Waals surface area contributed by atoms with E-state index in [1.165, 1.54) is 24.5 Å². The molecule has 0 aliphatic heterocycles. The van der Waals surface area contributed by atoms with Crippen molar-refractivity contribution in [3.63, 3.8) is 0 Å². The molecule has 1 heterocycles. The van der Waals surface area contributed by atoms with Crippen LogP contribution in [-0.4, -0.2) is 22.9 Å². The number of imidazole rings is 1. The van der Waals surface area contributed by atoms with Crippen molar-refractivity contribution in [3.8, 4) is 0 Å². The van der Waals surface area contributed by atoms with Gasteiger partial charge in [0.15, 0.2) is 9.84 Å². The Labute approximate surface area is 138 Å². The number of aryl methyl sites for hydroxylation is 2. The molecule has 3 rings (SSSR count). The number of nitro groups is 1. The molecule has 0 amide bonds. The molecule has 0 N–H and O–H groups in total. The van der Waals surface area contributed by atoms with Crippen molar-refractivity contribution in [2.75, 3.05) is 0 Å². The third-order valence-electron chi connectivity index (χ3n) is 3.89. The maximum atomic E-state index is 12.7. The molecular formula is C16H15N3O4S. The van der Waals surface area contributed by atoms with Crippen molar-refractivity contribution in [1.82, 2.24) is 9.55 Å². The second-order valence-corrected chi connectivity index (χ2v) is 7.61. The number of fused-ring (bicyclic) bond motifs is 1. The number of hydrogen-bond acceptors (Lipinski definition) is 5. The summed E-state index contributed by atoms with van der Waals surface area (Å²) in [4.78, 5) is 15.0. The van der Waals surface area contributed by atoms with Crippen molar-refractivity contribution in [2.45, 2.75) is 17.6 Å². The molecule has 24 heavy (non-hydrogen) atoms. The first-order valence-electron chi connectivity index (χ1n) is 7.16. The Morgan fingerprint density at radius 1 is 1.17 bits per heavy atom. The predicted molar refractivity (Wildman–Crippen MR) is 89.4 cm³/mol. The lowest BCUT2D eigenvalue weighted by Crippen LogP contribution is -2.08. The van der Waals surface area contributed by atoms with Crippen LogP contribution in [-0.2, 0) is 22.6 Å². The van der Waals surface area contributed by atoms with Gasteiger partial charge in [-0.2, -0.15) is 0 Å². The summed E-state index contributed by atoms with van der Waals surface area (Å²) in [5, 5.41) is 11.3. The summed E-state index contributed by atoms with van der Waals surface area (Å²) < 4.78 is 27.1. The third kappa shape index (κ3) is 2.76. The summed E-state index contributed by atoms with van der Waals surface area (Å²) in [6, 6.07) is 9.31. The maximum Gasteiger partial charge on any atom is 0.275 e. The van der Waals surface area contributed by atoms with Crippen LogP contribution in [0, 0.1) is 17.0 Å². The monoisotopic (exact) mass is 345 g/mol. The summed E-state index contributed by atoms with van der Waals surface area (Å²) in [6.07, 6.45) is 1.51. The Balaban J connectivity index is 2.16. The molecule has 124 valence electrons. The molecule has 2 aromatic carbocycles. The van der Waals surface area contributed by atoms with Crippen LogP contribution in [0.15, 0.2) is 47.6 Å². The van der Waals surface area contributed by atoms with E-state index in [-0.39, 0.29) is 16.1 Å². The van der Waals surface area contributed by atoms with Gasteiger partial charge in [0.05, 0.1) is 38.5 Å². The Kier molecular flexibility index (Phi) is 3.84. The van der Waals surface area contributed by atoms with Crippen molar-refractivity contribution in [3.05, 3.63) is 64.0 Å². The van der Waals surface area contributed by atoms with E-state index >= 15 is 0 Å². The SMILES string of the molecule is Cc1ccc(S(=O)(=O)Cc2c([N+](=O)[O-])ccc3c2ncn3C)cc1. The summed E-state index contributed by atoms with van der Waals surface area (Å²) in [5.41, 5.74) is 1.79. The van der Waals surface area contributed by atoms with Crippen LogP contribution in [0.1, 0.15) is 11.1 Å². The highest BCUT2D eigenvalue weighted by atomic mass is 32.2. The maximum absolute atomic E-state index is 12.7. The minimum absolute atomic E-state index is 0.110. The van der Waals surface area contributed by atoms with Gasteiger partial charge >= 0.3 is 0 Å². The fraction of sp³-hybridized carbons (Fsp3) is 0.188. The normalized spacial score (nSPS) is 11.8. The first-order valence-corrected chi connectivity index (χ1v) is 8.81. The Morgan fingerprint density at radius 2 is 1.83 bits per heavy atom. The standard InChI is InChI=1S/C16H15N3O4S/c1-11-3-5-12(6-4-11)24(22,23)9-13-14(19(20)21)7-8-15-16(13)17-10-18(15)2/h3-8,10H,9H2,1-2H3. The fourth-order valence-corrected chi connectivity index (χ4v) is 3.96. The molecule has 1 aromatic heterocycles. The van der Waals surface area contributed by atoms with Crippen LogP contribution in [0.4, 0.5) is 5.69 Å². The van der Waals surface area contributed by atoms with Crippen LogP contribution >= 0.6 is 0 Å². The molecule has 0 aliphatic carbocycles. The number of hydrogen-bond donors (Lipinski definition) is 0. The highest BCUT2D eigenvalue weighted by Gasteiger charge is 2.25. The Hall–Kier alpha value is -2.74. The van der Waals surface area contributed by atoms with E-state index in [4.69, 9.17) is 0 Å². The van der Waals surface area contributed by atoms with Gasteiger partial charge in [-0.15, -0.1) is 0 Å². The second kappa shape index (κ2) is 5.72. The number of nitro benzene ring substituents is 1. The van der Waals surface area contributed by atoms with Crippen molar-refractivity contribution in [2.24, 2.45) is 7.05 Å². The number of sulfone groups is 1. The summed E-state index contributed by atoms with van der Waals surface area (Å²) in [6.45, 7) is 1.86. The number of benzene rings is 2. The lowest BCUT2D eigenvalue weighted by atomic mass is 10.1. The molecule has 7 nitrogen and oxygen atoms in total. The number of rotatable bonds is 4. The minimum Gasteiger partial charge on any atom is -0.334 e. The first-order chi connectivity index (χ1) is 11.3. The second-order valence-electron chi connectivity index (χ2n) is 5.62. The predicted octanol–water partition coefficient (Wildman–Crippen LogP) is 2.76. The molecular weight excluding hydrogens is 330 g/mol. The van der Waals surface area contributed by atoms with E-state index in [2.05, 4.69) is 4.98 Å². The van der Waals surface area contributed by atoms with E-state index < -0.39 is 20.5 Å². The fourth-order valence-electron chi connectivity index (χ4n) is 2.58. The molecule has 0 saturated heterocycles. The van der Waals surface area contributed by atoms with Crippen LogP contribution in [0.3, 0.4) is 0 Å². The molecule has 0 unspecified atom stereocenters.